The molecule has 0 heterocycles. The molecule has 0 aromatic heterocycles. The number of hydrogen-bond acceptors (Lipinski definition) is 3. The topological polar surface area (TPSA) is 51.2 Å². The van der Waals surface area contributed by atoms with Crippen molar-refractivity contribution in [2.75, 3.05) is 0 Å². The molecule has 0 atom stereocenters. The van der Waals surface area contributed by atoms with Crippen LogP contribution in [0.3, 0.4) is 0 Å². The van der Waals surface area contributed by atoms with E-state index in [0.717, 1.165) is 0 Å². The summed E-state index contributed by atoms with van der Waals surface area (Å²) >= 11 is 6.18. The zero-order valence-corrected chi connectivity index (χ0v) is 16.0. The van der Waals surface area contributed by atoms with Crippen molar-refractivity contribution in [3.05, 3.63) is 112 Å². The second-order valence-corrected chi connectivity index (χ2v) is 8.34. The molecule has 3 aromatic carbocycles. The zero-order chi connectivity index (χ0) is 19.3. The third-order valence-electron chi connectivity index (χ3n) is 3.99. The fourth-order valence-electron chi connectivity index (χ4n) is 2.63. The van der Waals surface area contributed by atoms with Crippen LogP contribution in [0.1, 0.15) is 21.5 Å². The first-order valence-electron chi connectivity index (χ1n) is 8.30. The summed E-state index contributed by atoms with van der Waals surface area (Å²) < 4.78 is 26.2. The number of Topliss-reactive ketones (excluding diaryl/α,β-unsaturated/α-hetero) is 1. The maximum absolute atomic E-state index is 13.1. The van der Waals surface area contributed by atoms with Gasteiger partial charge in [0, 0.05) is 10.6 Å². The molecule has 136 valence electrons. The van der Waals surface area contributed by atoms with Crippen molar-refractivity contribution in [3.8, 4) is 0 Å². The third-order valence-corrected chi connectivity index (χ3v) is 6.02. The first-order chi connectivity index (χ1) is 13.0. The van der Waals surface area contributed by atoms with E-state index < -0.39 is 15.6 Å². The number of halogens is 1. The Bertz CT molecular complexity index is 1070. The standard InChI is InChI=1S/C22H17ClO3S/c23-20-14-8-7-13-19(20)15-21(22(24)18-11-5-2-6-12-18)27(25,26)16-17-9-3-1-4-10-17/h1-15H,16H2/b21-15+. The van der Waals surface area contributed by atoms with Gasteiger partial charge in [0.25, 0.3) is 0 Å². The molecular weight excluding hydrogens is 380 g/mol. The van der Waals surface area contributed by atoms with Gasteiger partial charge >= 0.3 is 0 Å². The Kier molecular flexibility index (Phi) is 5.89. The Morgan fingerprint density at radius 2 is 1.37 bits per heavy atom. The van der Waals surface area contributed by atoms with Crippen molar-refractivity contribution in [2.45, 2.75) is 5.75 Å². The van der Waals surface area contributed by atoms with Gasteiger partial charge in [0.2, 0.25) is 5.78 Å². The summed E-state index contributed by atoms with van der Waals surface area (Å²) in [5, 5.41) is 0.380. The van der Waals surface area contributed by atoms with Crippen LogP contribution in [-0.2, 0) is 15.6 Å². The lowest BCUT2D eigenvalue weighted by molar-refractivity contribution is 0.104. The summed E-state index contributed by atoms with van der Waals surface area (Å²) in [6.07, 6.45) is 1.36. The summed E-state index contributed by atoms with van der Waals surface area (Å²) in [4.78, 5) is 12.7. The summed E-state index contributed by atoms with van der Waals surface area (Å²) in [5.74, 6) is -0.811. The molecule has 0 aliphatic rings. The molecule has 3 nitrogen and oxygen atoms in total. The molecular formula is C22H17ClO3S. The van der Waals surface area contributed by atoms with E-state index >= 15 is 0 Å². The van der Waals surface area contributed by atoms with Crippen molar-refractivity contribution < 1.29 is 13.2 Å². The second kappa shape index (κ2) is 8.33. The van der Waals surface area contributed by atoms with Gasteiger partial charge in [-0.3, -0.25) is 4.79 Å². The van der Waals surface area contributed by atoms with E-state index in [0.29, 0.717) is 21.7 Å². The number of hydrogen-bond donors (Lipinski definition) is 0. The zero-order valence-electron chi connectivity index (χ0n) is 14.4. The van der Waals surface area contributed by atoms with Crippen LogP contribution >= 0.6 is 11.6 Å². The number of rotatable bonds is 6. The highest BCUT2D eigenvalue weighted by atomic mass is 35.5. The number of sulfone groups is 1. The molecule has 5 heteroatoms. The average molecular weight is 397 g/mol. The smallest absolute Gasteiger partial charge is 0.204 e. The fourth-order valence-corrected chi connectivity index (χ4v) is 4.32. The molecule has 0 N–H and O–H groups in total. The van der Waals surface area contributed by atoms with E-state index in [4.69, 9.17) is 11.6 Å². The molecule has 27 heavy (non-hydrogen) atoms. The predicted molar refractivity (Wildman–Crippen MR) is 109 cm³/mol. The highest BCUT2D eigenvalue weighted by Crippen LogP contribution is 2.25. The SMILES string of the molecule is O=C(/C(=C\c1ccccc1Cl)S(=O)(=O)Cc1ccccc1)c1ccccc1. The van der Waals surface area contributed by atoms with Crippen LogP contribution in [-0.4, -0.2) is 14.2 Å². The van der Waals surface area contributed by atoms with Crippen LogP contribution in [0.2, 0.25) is 5.02 Å². The van der Waals surface area contributed by atoms with E-state index in [1.807, 2.05) is 6.07 Å². The van der Waals surface area contributed by atoms with Crippen LogP contribution in [0, 0.1) is 0 Å². The van der Waals surface area contributed by atoms with Crippen molar-refractivity contribution in [1.29, 1.82) is 0 Å². The molecule has 0 radical (unpaired) electrons. The highest BCUT2D eigenvalue weighted by molar-refractivity contribution is 7.95. The lowest BCUT2D eigenvalue weighted by Crippen LogP contribution is -2.16. The van der Waals surface area contributed by atoms with Crippen LogP contribution in [0.5, 0.6) is 0 Å². The normalized spacial score (nSPS) is 12.0. The maximum Gasteiger partial charge on any atom is 0.204 e. The van der Waals surface area contributed by atoms with Crippen molar-refractivity contribution in [3.63, 3.8) is 0 Å². The lowest BCUT2D eigenvalue weighted by Gasteiger charge is -2.10. The minimum absolute atomic E-state index is 0.261. The van der Waals surface area contributed by atoms with E-state index in [1.165, 1.54) is 6.08 Å². The first-order valence-corrected chi connectivity index (χ1v) is 10.3. The molecule has 0 bridgehead atoms. The van der Waals surface area contributed by atoms with Gasteiger partial charge in [0.15, 0.2) is 9.84 Å². The monoisotopic (exact) mass is 396 g/mol. The largest absolute Gasteiger partial charge is 0.288 e. The van der Waals surface area contributed by atoms with Crippen molar-refractivity contribution in [2.24, 2.45) is 0 Å². The molecule has 0 spiro atoms. The number of ketones is 1. The Balaban J connectivity index is 2.10. The Labute approximate surface area is 163 Å². The Morgan fingerprint density at radius 3 is 2.00 bits per heavy atom. The molecule has 0 saturated heterocycles. The van der Waals surface area contributed by atoms with Gasteiger partial charge in [0.05, 0.1) is 5.75 Å². The van der Waals surface area contributed by atoms with Gasteiger partial charge in [-0.1, -0.05) is 90.5 Å². The van der Waals surface area contributed by atoms with Crippen molar-refractivity contribution >= 4 is 33.3 Å². The second-order valence-electron chi connectivity index (χ2n) is 5.97. The Morgan fingerprint density at radius 1 is 0.815 bits per heavy atom. The molecule has 0 amide bonds. The molecule has 0 aliphatic heterocycles. The van der Waals surface area contributed by atoms with Crippen molar-refractivity contribution in [1.82, 2.24) is 0 Å². The lowest BCUT2D eigenvalue weighted by atomic mass is 10.1. The van der Waals surface area contributed by atoms with Gasteiger partial charge < -0.3 is 0 Å². The molecule has 3 aromatic rings. The van der Waals surface area contributed by atoms with Crippen LogP contribution in [0.25, 0.3) is 6.08 Å². The summed E-state index contributed by atoms with van der Waals surface area (Å²) in [7, 11) is -3.88. The first kappa shape index (κ1) is 19.1. The summed E-state index contributed by atoms with van der Waals surface area (Å²) in [5.41, 5.74) is 1.41. The number of carbonyl (C=O) groups is 1. The number of carbonyl (C=O) groups excluding carboxylic acids is 1. The molecule has 0 aliphatic carbocycles. The van der Waals surface area contributed by atoms with Crippen LogP contribution in [0.15, 0.2) is 89.8 Å². The van der Waals surface area contributed by atoms with Crippen LogP contribution in [0.4, 0.5) is 0 Å². The Hall–Kier alpha value is -2.69. The average Bonchev–Trinajstić information content (AvgIpc) is 2.68. The fraction of sp³-hybridized carbons (Fsp3) is 0.0455. The molecule has 0 unspecified atom stereocenters. The molecule has 0 saturated carbocycles. The minimum Gasteiger partial charge on any atom is -0.288 e. The summed E-state index contributed by atoms with van der Waals surface area (Å²) in [6.45, 7) is 0. The molecule has 0 fully saturated rings. The number of allylic oxidation sites excluding steroid dienone is 1. The van der Waals surface area contributed by atoms with E-state index in [2.05, 4.69) is 0 Å². The van der Waals surface area contributed by atoms with Gasteiger partial charge in [-0.15, -0.1) is 0 Å². The highest BCUT2D eigenvalue weighted by Gasteiger charge is 2.26. The van der Waals surface area contributed by atoms with Crippen LogP contribution < -0.4 is 0 Å². The van der Waals surface area contributed by atoms with Gasteiger partial charge in [0.1, 0.15) is 4.91 Å². The van der Waals surface area contributed by atoms with Gasteiger partial charge in [-0.2, -0.15) is 0 Å². The molecule has 3 rings (SSSR count). The summed E-state index contributed by atoms with van der Waals surface area (Å²) in [6, 6.07) is 24.0. The van der Waals surface area contributed by atoms with E-state index in [9.17, 15) is 13.2 Å². The van der Waals surface area contributed by atoms with Gasteiger partial charge in [-0.25, -0.2) is 8.42 Å². The maximum atomic E-state index is 13.1. The van der Waals surface area contributed by atoms with E-state index in [-0.39, 0.29) is 10.7 Å². The predicted octanol–water partition coefficient (Wildman–Crippen LogP) is 5.18. The van der Waals surface area contributed by atoms with Gasteiger partial charge in [-0.05, 0) is 23.3 Å². The minimum atomic E-state index is -3.88. The quantitative estimate of drug-likeness (QED) is 0.426. The van der Waals surface area contributed by atoms with E-state index in [1.54, 1.807) is 78.9 Å². The third kappa shape index (κ3) is 4.73. The number of benzene rings is 3.